The summed E-state index contributed by atoms with van der Waals surface area (Å²) in [7, 11) is -2.57. The summed E-state index contributed by atoms with van der Waals surface area (Å²) in [5.74, 6) is 1.39. The van der Waals surface area contributed by atoms with Gasteiger partial charge in [-0.05, 0) is 57.8 Å². The van der Waals surface area contributed by atoms with Crippen molar-refractivity contribution in [1.29, 1.82) is 0 Å². The van der Waals surface area contributed by atoms with Crippen LogP contribution >= 0.6 is 0 Å². The molecule has 5 heteroatoms. The third kappa shape index (κ3) is 5.62. The topological polar surface area (TPSA) is 43.6 Å². The Balaban J connectivity index is 1.27. The molecule has 4 nitrogen and oxygen atoms in total. The van der Waals surface area contributed by atoms with E-state index in [2.05, 4.69) is 163 Å². The van der Waals surface area contributed by atoms with E-state index in [1.165, 1.54) is 49.2 Å². The molecule has 9 rings (SSSR count). The fourth-order valence-corrected chi connectivity index (χ4v) is 9.67. The van der Waals surface area contributed by atoms with Crippen molar-refractivity contribution in [2.75, 3.05) is 0 Å². The lowest BCUT2D eigenvalue weighted by Crippen LogP contribution is -2.57. The van der Waals surface area contributed by atoms with E-state index in [-0.39, 0.29) is 0 Å². The van der Waals surface area contributed by atoms with Crippen LogP contribution < -0.4 is 10.6 Å². The minimum Gasteiger partial charge on any atom is -0.309 e. The first-order valence-corrected chi connectivity index (χ1v) is 20.7. The van der Waals surface area contributed by atoms with Gasteiger partial charge < -0.3 is 4.57 Å². The number of rotatable bonds is 7. The van der Waals surface area contributed by atoms with Crippen molar-refractivity contribution in [1.82, 2.24) is 19.5 Å². The number of para-hydroxylation sites is 1. The largest absolute Gasteiger partial charge is 0.309 e. The van der Waals surface area contributed by atoms with Crippen LogP contribution in [0.4, 0.5) is 0 Å². The molecule has 0 fully saturated rings. The Hall–Kier alpha value is -6.43. The molecule has 0 bridgehead atoms. The van der Waals surface area contributed by atoms with Crippen LogP contribution in [0.2, 0.25) is 13.1 Å². The average molecular weight is 685 g/mol. The van der Waals surface area contributed by atoms with Gasteiger partial charge in [0.2, 0.25) is 0 Å². The molecule has 248 valence electrons. The highest BCUT2D eigenvalue weighted by Gasteiger charge is 2.34. The van der Waals surface area contributed by atoms with E-state index in [0.29, 0.717) is 11.6 Å². The molecule has 0 unspecified atom stereocenters. The maximum absolute atomic E-state index is 5.24. The van der Waals surface area contributed by atoms with Crippen LogP contribution in [0.1, 0.15) is 0 Å². The molecule has 0 spiro atoms. The summed E-state index contributed by atoms with van der Waals surface area (Å²) in [5, 5.41) is 3.71. The van der Waals surface area contributed by atoms with Crippen LogP contribution in [0.25, 0.3) is 72.5 Å². The van der Waals surface area contributed by atoms with Gasteiger partial charge in [-0.3, -0.25) is 0 Å². The molecule has 0 aliphatic heterocycles. The lowest BCUT2D eigenvalue weighted by Gasteiger charge is -2.26. The molecule has 2 aromatic heterocycles. The lowest BCUT2D eigenvalue weighted by molar-refractivity contribution is 1.10. The summed E-state index contributed by atoms with van der Waals surface area (Å²) in [6.45, 7) is 4.72. The molecular weight excluding hydrogens is 649 g/mol. The van der Waals surface area contributed by atoms with Gasteiger partial charge in [-0.25, -0.2) is 15.0 Å². The van der Waals surface area contributed by atoms with Gasteiger partial charge in [-0.1, -0.05) is 165 Å². The van der Waals surface area contributed by atoms with Crippen molar-refractivity contribution in [3.8, 4) is 50.7 Å². The van der Waals surface area contributed by atoms with Crippen molar-refractivity contribution in [3.05, 3.63) is 182 Å². The third-order valence-electron chi connectivity index (χ3n) is 10.1. The first kappa shape index (κ1) is 31.5. The summed E-state index contributed by atoms with van der Waals surface area (Å²) < 4.78 is 2.45. The highest BCUT2D eigenvalue weighted by molar-refractivity contribution is 7.00. The molecule has 0 atom stereocenters. The molecule has 7 aromatic carbocycles. The van der Waals surface area contributed by atoms with Crippen LogP contribution in [0.3, 0.4) is 0 Å². The number of aromatic nitrogens is 4. The average Bonchev–Trinajstić information content (AvgIpc) is 3.55. The molecule has 0 aliphatic carbocycles. The van der Waals surface area contributed by atoms with Gasteiger partial charge in [0, 0.05) is 27.6 Å². The second-order valence-electron chi connectivity index (χ2n) is 13.7. The van der Waals surface area contributed by atoms with Crippen molar-refractivity contribution in [2.45, 2.75) is 13.1 Å². The zero-order valence-electron chi connectivity index (χ0n) is 29.1. The van der Waals surface area contributed by atoms with E-state index < -0.39 is 8.07 Å². The second-order valence-corrected chi connectivity index (χ2v) is 17.9. The first-order chi connectivity index (χ1) is 25.5. The minimum absolute atomic E-state index is 0.696. The van der Waals surface area contributed by atoms with E-state index in [0.717, 1.165) is 22.3 Å². The molecule has 0 amide bonds. The third-order valence-corrected chi connectivity index (χ3v) is 13.2. The molecule has 0 aliphatic rings. The fourth-order valence-electron chi connectivity index (χ4n) is 7.31. The van der Waals surface area contributed by atoms with Gasteiger partial charge in [0.05, 0.1) is 11.0 Å². The van der Waals surface area contributed by atoms with Crippen molar-refractivity contribution in [3.63, 3.8) is 0 Å². The number of hydrogen-bond acceptors (Lipinski definition) is 3. The van der Waals surface area contributed by atoms with Crippen LogP contribution in [0, 0.1) is 0 Å². The zero-order valence-corrected chi connectivity index (χ0v) is 30.1. The predicted octanol–water partition coefficient (Wildman–Crippen LogP) is 10.5. The Morgan fingerprint density at radius 1 is 0.385 bits per heavy atom. The second kappa shape index (κ2) is 13.0. The Morgan fingerprint density at radius 2 is 0.788 bits per heavy atom. The summed E-state index contributed by atoms with van der Waals surface area (Å²) in [6.07, 6.45) is 0. The van der Waals surface area contributed by atoms with Crippen molar-refractivity contribution >= 4 is 40.5 Å². The SMILES string of the molecule is C[Si](C)(c1nc(-c2ccccc2)nc(-c2ccccc2)n1)c1ccccc1-n1c2ccc(-c3ccccc3)cc2c2cc(-c3ccccc3)ccc21. The van der Waals surface area contributed by atoms with E-state index >= 15 is 0 Å². The summed E-state index contributed by atoms with van der Waals surface area (Å²) in [6, 6.07) is 64.4. The van der Waals surface area contributed by atoms with E-state index in [1.807, 2.05) is 36.4 Å². The highest BCUT2D eigenvalue weighted by atomic mass is 28.3. The summed E-state index contributed by atoms with van der Waals surface area (Å²) in [5.41, 5.74) is 11.1. The molecule has 0 N–H and O–H groups in total. The predicted molar refractivity (Wildman–Crippen MR) is 219 cm³/mol. The fraction of sp³-hybridized carbons (Fsp3) is 0.0426. The van der Waals surface area contributed by atoms with E-state index in [4.69, 9.17) is 15.0 Å². The molecule has 0 saturated carbocycles. The lowest BCUT2D eigenvalue weighted by atomic mass is 10.0. The maximum atomic E-state index is 5.24. The smallest absolute Gasteiger partial charge is 0.163 e. The van der Waals surface area contributed by atoms with Crippen LogP contribution in [0.15, 0.2) is 182 Å². The zero-order chi connectivity index (χ0) is 35.1. The van der Waals surface area contributed by atoms with Crippen LogP contribution in [-0.2, 0) is 0 Å². The van der Waals surface area contributed by atoms with Gasteiger partial charge in [0.1, 0.15) is 5.45 Å². The molecule has 0 saturated heterocycles. The minimum atomic E-state index is -2.57. The van der Waals surface area contributed by atoms with E-state index in [9.17, 15) is 0 Å². The first-order valence-electron chi connectivity index (χ1n) is 17.7. The molecular formula is C47H36N4Si. The standard InChI is InChI=1S/C47H36N4Si/c1-52(2,47-49-45(35-21-11-5-12-22-35)48-46(50-47)36-23-13-6-14-24-36)44-26-16-15-25-43(44)51-41-29-27-37(33-17-7-3-8-18-33)31-39(41)40-32-38(28-30-42(40)51)34-19-9-4-10-20-34/h3-32H,1-2H3. The van der Waals surface area contributed by atoms with Gasteiger partial charge >= 0.3 is 0 Å². The number of hydrogen-bond donors (Lipinski definition) is 0. The number of benzene rings is 7. The monoisotopic (exact) mass is 684 g/mol. The molecule has 52 heavy (non-hydrogen) atoms. The number of fused-ring (bicyclic) bond motifs is 3. The Bertz CT molecular complexity index is 2530. The van der Waals surface area contributed by atoms with Gasteiger partial charge in [0.15, 0.2) is 19.7 Å². The summed E-state index contributed by atoms with van der Waals surface area (Å²) in [4.78, 5) is 15.5. The Kier molecular flexibility index (Phi) is 7.90. The Labute approximate surface area is 304 Å². The molecule has 2 heterocycles. The van der Waals surface area contributed by atoms with Crippen LogP contribution in [-0.4, -0.2) is 27.6 Å². The van der Waals surface area contributed by atoms with Crippen molar-refractivity contribution in [2.24, 2.45) is 0 Å². The highest BCUT2D eigenvalue weighted by Crippen LogP contribution is 2.37. The summed E-state index contributed by atoms with van der Waals surface area (Å²) >= 11 is 0. The number of nitrogens with zero attached hydrogens (tertiary/aromatic N) is 4. The van der Waals surface area contributed by atoms with Gasteiger partial charge in [-0.2, -0.15) is 0 Å². The van der Waals surface area contributed by atoms with Crippen LogP contribution in [0.5, 0.6) is 0 Å². The van der Waals surface area contributed by atoms with Gasteiger partial charge in [0.25, 0.3) is 0 Å². The maximum Gasteiger partial charge on any atom is 0.163 e. The molecule has 0 radical (unpaired) electrons. The molecule has 9 aromatic rings. The van der Waals surface area contributed by atoms with E-state index in [1.54, 1.807) is 0 Å². The Morgan fingerprint density at radius 3 is 1.25 bits per heavy atom. The van der Waals surface area contributed by atoms with Gasteiger partial charge in [-0.15, -0.1) is 0 Å². The van der Waals surface area contributed by atoms with Crippen molar-refractivity contribution < 1.29 is 0 Å². The quantitative estimate of drug-likeness (QED) is 0.157. The normalized spacial score (nSPS) is 11.7.